The molecule has 4 heteroatoms. The van der Waals surface area contributed by atoms with Crippen LogP contribution in [0.1, 0.15) is 6.42 Å². The minimum Gasteiger partial charge on any atom is -1.00 e. The second-order valence-electron chi connectivity index (χ2n) is 3.54. The fourth-order valence-corrected chi connectivity index (χ4v) is 1.65. The van der Waals surface area contributed by atoms with Gasteiger partial charge in [-0.1, -0.05) is 23.3 Å². The Morgan fingerprint density at radius 2 is 1.93 bits per heavy atom. The van der Waals surface area contributed by atoms with Gasteiger partial charge in [0.1, 0.15) is 6.54 Å². The van der Waals surface area contributed by atoms with Gasteiger partial charge in [0.25, 0.3) is 0 Å². The van der Waals surface area contributed by atoms with Crippen molar-refractivity contribution in [3.8, 4) is 0 Å². The topological polar surface area (TPSA) is 38.4 Å². The van der Waals surface area contributed by atoms with Crippen molar-refractivity contribution in [1.82, 2.24) is 4.59 Å². The van der Waals surface area contributed by atoms with Crippen LogP contribution in [0.25, 0.3) is 0 Å². The summed E-state index contributed by atoms with van der Waals surface area (Å²) < 4.78 is 0.590. The molecular weight excluding hydrogens is 289 g/mol. The molecule has 2 rings (SSSR count). The first-order valence-corrected chi connectivity index (χ1v) is 4.46. The van der Waals surface area contributed by atoms with Crippen LogP contribution >= 0.6 is 0 Å². The number of nitrogens with two attached hydrogens (primary N) is 1. The first kappa shape index (κ1) is 11.5. The third-order valence-electron chi connectivity index (χ3n) is 2.46. The summed E-state index contributed by atoms with van der Waals surface area (Å²) in [6, 6.07) is 10.2. The van der Waals surface area contributed by atoms with Crippen molar-refractivity contribution in [2.24, 2.45) is 10.8 Å². The summed E-state index contributed by atoms with van der Waals surface area (Å²) >= 11 is 0. The molecule has 1 aromatic carbocycles. The van der Waals surface area contributed by atoms with Gasteiger partial charge in [0.05, 0.1) is 13.5 Å². The van der Waals surface area contributed by atoms with Crippen LogP contribution in [0.5, 0.6) is 0 Å². The van der Waals surface area contributed by atoms with Gasteiger partial charge in [-0.15, -0.1) is 0 Å². The highest BCUT2D eigenvalue weighted by atomic mass is 127. The first-order chi connectivity index (χ1) is 6.21. The van der Waals surface area contributed by atoms with E-state index in [-0.39, 0.29) is 24.0 Å². The quantitative estimate of drug-likeness (QED) is 0.488. The monoisotopic (exact) mass is 303 g/mol. The van der Waals surface area contributed by atoms with Crippen LogP contribution in [-0.4, -0.2) is 19.4 Å². The van der Waals surface area contributed by atoms with Crippen LogP contribution in [0.15, 0.2) is 35.4 Å². The molecule has 1 atom stereocenters. The van der Waals surface area contributed by atoms with E-state index in [2.05, 4.69) is 24.3 Å². The number of rotatable bonds is 1. The van der Waals surface area contributed by atoms with Crippen LogP contribution in [0, 0.1) is 0 Å². The summed E-state index contributed by atoms with van der Waals surface area (Å²) in [7, 11) is 2.08. The average molecular weight is 303 g/mol. The summed E-state index contributed by atoms with van der Waals surface area (Å²) in [6.07, 6.45) is 0.894. The molecule has 0 bridgehead atoms. The number of halogens is 1. The molecule has 76 valence electrons. The van der Waals surface area contributed by atoms with E-state index >= 15 is 0 Å². The summed E-state index contributed by atoms with van der Waals surface area (Å²) in [5.41, 5.74) is 6.88. The number of amidine groups is 1. The van der Waals surface area contributed by atoms with E-state index in [9.17, 15) is 0 Å². The molecule has 1 aliphatic heterocycles. The van der Waals surface area contributed by atoms with E-state index in [0.29, 0.717) is 4.59 Å². The summed E-state index contributed by atoms with van der Waals surface area (Å²) in [6.45, 7) is 0.968. The maximum Gasteiger partial charge on any atom is 0.161 e. The molecule has 1 unspecified atom stereocenters. The van der Waals surface area contributed by atoms with Gasteiger partial charge in [0.2, 0.25) is 0 Å². The highest BCUT2D eigenvalue weighted by Crippen LogP contribution is 2.24. The van der Waals surface area contributed by atoms with Crippen LogP contribution in [-0.2, 0) is 0 Å². The van der Waals surface area contributed by atoms with Gasteiger partial charge in [-0.2, -0.15) is 4.59 Å². The largest absolute Gasteiger partial charge is 1.00 e. The molecule has 14 heavy (non-hydrogen) atoms. The first-order valence-electron chi connectivity index (χ1n) is 4.46. The molecule has 0 amide bonds. The molecule has 0 radical (unpaired) electrons. The maximum absolute atomic E-state index is 5.68. The van der Waals surface area contributed by atoms with Gasteiger partial charge in [-0.25, -0.2) is 0 Å². The van der Waals surface area contributed by atoms with Crippen LogP contribution in [0.2, 0.25) is 0 Å². The predicted molar refractivity (Wildman–Crippen MR) is 55.3 cm³/mol. The second kappa shape index (κ2) is 4.27. The van der Waals surface area contributed by atoms with E-state index in [1.165, 1.54) is 5.69 Å². The second-order valence-corrected chi connectivity index (χ2v) is 3.54. The predicted octanol–water partition coefficient (Wildman–Crippen LogP) is -1.70. The van der Waals surface area contributed by atoms with Gasteiger partial charge in [-0.05, 0) is 0 Å². The number of hydrogen-bond donors (Lipinski definition) is 1. The number of benzene rings is 1. The standard InChI is InChI=1S/C10H14N3.HI/c1-13(8-7-10(11)12-13)9-5-3-2-4-6-9;/h2-6H,7-8H2,1H3,(H2,11,12);1H/q+1;/p-1. The lowest BCUT2D eigenvalue weighted by Gasteiger charge is -2.21. The average Bonchev–Trinajstić information content (AvgIpc) is 2.49. The fraction of sp³-hybridized carbons (Fsp3) is 0.300. The molecule has 3 nitrogen and oxygen atoms in total. The van der Waals surface area contributed by atoms with E-state index in [1.54, 1.807) is 0 Å². The molecule has 0 saturated carbocycles. The normalized spacial score (nSPS) is 25.4. The lowest BCUT2D eigenvalue weighted by Crippen LogP contribution is -3.00. The maximum atomic E-state index is 5.68. The fourth-order valence-electron chi connectivity index (χ4n) is 1.65. The number of hydrogen-bond acceptors (Lipinski definition) is 2. The van der Waals surface area contributed by atoms with E-state index in [4.69, 9.17) is 5.73 Å². The third-order valence-corrected chi connectivity index (χ3v) is 2.46. The lowest BCUT2D eigenvalue weighted by molar-refractivity contribution is -0.00000300. The Kier molecular flexibility index (Phi) is 3.49. The molecule has 0 aliphatic carbocycles. The van der Waals surface area contributed by atoms with Crippen molar-refractivity contribution in [3.05, 3.63) is 30.3 Å². The van der Waals surface area contributed by atoms with Gasteiger partial charge in [0.15, 0.2) is 11.5 Å². The Labute approximate surface area is 101 Å². The molecule has 0 saturated heterocycles. The Bertz CT molecular complexity index is 336. The van der Waals surface area contributed by atoms with E-state index in [0.717, 1.165) is 18.8 Å². The highest BCUT2D eigenvalue weighted by Gasteiger charge is 2.30. The van der Waals surface area contributed by atoms with Crippen molar-refractivity contribution in [3.63, 3.8) is 0 Å². The number of nitrogens with zero attached hydrogens (tertiary/aromatic N) is 2. The summed E-state index contributed by atoms with van der Waals surface area (Å²) in [5, 5.41) is 4.42. The molecule has 0 fully saturated rings. The Morgan fingerprint density at radius 3 is 2.43 bits per heavy atom. The molecule has 0 spiro atoms. The minimum absolute atomic E-state index is 0. The van der Waals surface area contributed by atoms with Crippen LogP contribution in [0.3, 0.4) is 0 Å². The van der Waals surface area contributed by atoms with Crippen LogP contribution in [0.4, 0.5) is 5.69 Å². The van der Waals surface area contributed by atoms with Crippen molar-refractivity contribution < 1.29 is 24.0 Å². The zero-order chi connectivity index (χ0) is 9.31. The van der Waals surface area contributed by atoms with Gasteiger partial charge < -0.3 is 29.7 Å². The van der Waals surface area contributed by atoms with Gasteiger partial charge in [0, 0.05) is 12.1 Å². The molecule has 0 aromatic heterocycles. The van der Waals surface area contributed by atoms with Crippen molar-refractivity contribution >= 4 is 11.5 Å². The Hall–Kier alpha value is -0.620. The third kappa shape index (κ3) is 2.06. The smallest absolute Gasteiger partial charge is 0.161 e. The summed E-state index contributed by atoms with van der Waals surface area (Å²) in [4.78, 5) is 0. The van der Waals surface area contributed by atoms with Gasteiger partial charge >= 0.3 is 0 Å². The Morgan fingerprint density at radius 1 is 1.29 bits per heavy atom. The van der Waals surface area contributed by atoms with E-state index < -0.39 is 0 Å². The Balaban J connectivity index is 0.000000980. The van der Waals surface area contributed by atoms with Crippen molar-refractivity contribution in [2.75, 3.05) is 13.6 Å². The molecule has 1 aromatic rings. The van der Waals surface area contributed by atoms with Gasteiger partial charge in [-0.3, -0.25) is 0 Å². The van der Waals surface area contributed by atoms with Crippen molar-refractivity contribution in [2.45, 2.75) is 6.42 Å². The molecular formula is C10H14IN3. The summed E-state index contributed by atoms with van der Waals surface area (Å²) in [5.74, 6) is 0.756. The molecule has 1 heterocycles. The minimum atomic E-state index is 0. The lowest BCUT2D eigenvalue weighted by atomic mass is 10.3. The highest BCUT2D eigenvalue weighted by molar-refractivity contribution is 5.83. The zero-order valence-electron chi connectivity index (χ0n) is 8.15. The van der Waals surface area contributed by atoms with Crippen molar-refractivity contribution in [1.29, 1.82) is 0 Å². The SMILES string of the molecule is C[N+]1(c2ccccc2)CCC(N)=N1.[I-]. The van der Waals surface area contributed by atoms with Crippen LogP contribution < -0.4 is 34.3 Å². The molecule has 1 aliphatic rings. The zero-order valence-corrected chi connectivity index (χ0v) is 10.3. The molecule has 2 N–H and O–H groups in total. The number of quaternary nitrogens is 1. The van der Waals surface area contributed by atoms with E-state index in [1.807, 2.05) is 18.2 Å². The number of para-hydroxylation sites is 1.